The van der Waals surface area contributed by atoms with Crippen LogP contribution in [0.1, 0.15) is 37.6 Å². The van der Waals surface area contributed by atoms with E-state index in [2.05, 4.69) is 20.0 Å². The fourth-order valence-corrected chi connectivity index (χ4v) is 5.74. The number of aromatic nitrogens is 3. The SMILES string of the molecule is CC(C)CC(N=C1NS(=O)(=O)c2ccccc21)C(=O)N1CCOC(c2cn(-c3cccc(N)c3)nn2)C1. The summed E-state index contributed by atoms with van der Waals surface area (Å²) in [6.07, 6.45) is 1.79. The summed E-state index contributed by atoms with van der Waals surface area (Å²) in [4.78, 5) is 20.2. The summed E-state index contributed by atoms with van der Waals surface area (Å²) in [6.45, 7) is 5.03. The molecule has 2 unspecified atom stereocenters. The summed E-state index contributed by atoms with van der Waals surface area (Å²) in [5.74, 6) is 0.187. The van der Waals surface area contributed by atoms with Crippen LogP contribution in [0, 0.1) is 5.92 Å². The second-order valence-corrected chi connectivity index (χ2v) is 11.2. The van der Waals surface area contributed by atoms with E-state index in [1.54, 1.807) is 46.1 Å². The van der Waals surface area contributed by atoms with Crippen molar-refractivity contribution in [3.8, 4) is 5.69 Å². The number of amides is 1. The molecule has 3 heterocycles. The molecule has 2 atom stereocenters. The molecule has 0 bridgehead atoms. The normalized spacial score (nSPS) is 20.6. The zero-order valence-corrected chi connectivity index (χ0v) is 21.4. The second-order valence-electron chi connectivity index (χ2n) is 9.55. The number of nitrogens with one attached hydrogen (secondary N) is 1. The maximum atomic E-state index is 13.7. The van der Waals surface area contributed by atoms with Crippen LogP contribution in [0.25, 0.3) is 5.69 Å². The molecule has 2 aliphatic rings. The Bertz CT molecular complexity index is 1450. The van der Waals surface area contributed by atoms with Crippen molar-refractivity contribution >= 4 is 27.5 Å². The number of nitrogen functional groups attached to an aromatic ring is 1. The van der Waals surface area contributed by atoms with Crippen LogP contribution in [-0.4, -0.2) is 65.8 Å². The molecule has 3 N–H and O–H groups in total. The first-order valence-corrected chi connectivity index (χ1v) is 13.6. The van der Waals surface area contributed by atoms with Gasteiger partial charge in [0.15, 0.2) is 0 Å². The van der Waals surface area contributed by atoms with Gasteiger partial charge < -0.3 is 15.4 Å². The van der Waals surface area contributed by atoms with Crippen LogP contribution in [-0.2, 0) is 19.6 Å². The minimum atomic E-state index is -3.70. The van der Waals surface area contributed by atoms with E-state index in [9.17, 15) is 13.2 Å². The molecule has 1 aromatic heterocycles. The first-order valence-electron chi connectivity index (χ1n) is 12.1. The second kappa shape index (κ2) is 9.94. The van der Waals surface area contributed by atoms with Gasteiger partial charge in [0.05, 0.1) is 29.9 Å². The fraction of sp³-hybridized carbons (Fsp3) is 0.360. The number of amidine groups is 1. The summed E-state index contributed by atoms with van der Waals surface area (Å²) in [6, 6.07) is 13.2. The van der Waals surface area contributed by atoms with Gasteiger partial charge in [-0.3, -0.25) is 14.5 Å². The molecule has 2 aliphatic heterocycles. The van der Waals surface area contributed by atoms with Crippen molar-refractivity contribution in [3.63, 3.8) is 0 Å². The molecular formula is C25H29N7O4S. The average molecular weight is 524 g/mol. The lowest BCUT2D eigenvalue weighted by atomic mass is 10.0. The Kier molecular flexibility index (Phi) is 6.69. The molecule has 0 radical (unpaired) electrons. The number of nitrogens with two attached hydrogens (primary N) is 1. The number of carbonyl (C=O) groups excluding carboxylic acids is 1. The molecule has 1 fully saturated rings. The molecule has 3 aromatic rings. The van der Waals surface area contributed by atoms with Crippen molar-refractivity contribution in [2.24, 2.45) is 10.9 Å². The smallest absolute Gasteiger partial charge is 0.263 e. The van der Waals surface area contributed by atoms with Gasteiger partial charge in [-0.2, -0.15) is 0 Å². The van der Waals surface area contributed by atoms with Crippen LogP contribution in [0.15, 0.2) is 64.6 Å². The van der Waals surface area contributed by atoms with E-state index >= 15 is 0 Å². The van der Waals surface area contributed by atoms with Gasteiger partial charge in [0, 0.05) is 17.8 Å². The number of rotatable bonds is 6. The first kappa shape index (κ1) is 24.9. The average Bonchev–Trinajstić information content (AvgIpc) is 3.46. The minimum Gasteiger partial charge on any atom is -0.399 e. The summed E-state index contributed by atoms with van der Waals surface area (Å²) in [7, 11) is -3.70. The Morgan fingerprint density at radius 2 is 2.05 bits per heavy atom. The van der Waals surface area contributed by atoms with Gasteiger partial charge in [0.1, 0.15) is 23.7 Å². The van der Waals surface area contributed by atoms with E-state index in [0.29, 0.717) is 36.5 Å². The summed E-state index contributed by atoms with van der Waals surface area (Å²) in [5, 5.41) is 8.45. The zero-order valence-electron chi connectivity index (χ0n) is 20.6. The van der Waals surface area contributed by atoms with E-state index in [-0.39, 0.29) is 29.1 Å². The molecule has 0 saturated carbocycles. The number of nitrogens with zero attached hydrogens (tertiary/aromatic N) is 5. The lowest BCUT2D eigenvalue weighted by Crippen LogP contribution is -2.47. The van der Waals surface area contributed by atoms with Crippen LogP contribution in [0.5, 0.6) is 0 Å². The lowest BCUT2D eigenvalue weighted by Gasteiger charge is -2.34. The molecule has 5 rings (SSSR count). The summed E-state index contributed by atoms with van der Waals surface area (Å²) in [5.41, 5.74) is 8.34. The van der Waals surface area contributed by atoms with Gasteiger partial charge in [-0.25, -0.2) is 13.1 Å². The predicted molar refractivity (Wildman–Crippen MR) is 138 cm³/mol. The van der Waals surface area contributed by atoms with Crippen molar-refractivity contribution in [2.45, 2.75) is 37.3 Å². The number of hydrogen-bond donors (Lipinski definition) is 2. The van der Waals surface area contributed by atoms with Gasteiger partial charge in [0.2, 0.25) is 5.91 Å². The van der Waals surface area contributed by atoms with Crippen LogP contribution in [0.2, 0.25) is 0 Å². The Balaban J connectivity index is 1.37. The number of ether oxygens (including phenoxy) is 1. The highest BCUT2D eigenvalue weighted by Crippen LogP contribution is 2.26. The number of fused-ring (bicyclic) bond motifs is 1. The van der Waals surface area contributed by atoms with Crippen molar-refractivity contribution in [1.82, 2.24) is 24.6 Å². The van der Waals surface area contributed by atoms with E-state index < -0.39 is 22.2 Å². The molecule has 37 heavy (non-hydrogen) atoms. The Labute approximate surface area is 215 Å². The molecule has 2 aromatic carbocycles. The lowest BCUT2D eigenvalue weighted by molar-refractivity contribution is -0.140. The predicted octanol–water partition coefficient (Wildman–Crippen LogP) is 1.90. The molecule has 194 valence electrons. The van der Waals surface area contributed by atoms with Crippen molar-refractivity contribution in [2.75, 3.05) is 25.4 Å². The number of aliphatic imine (C=N–C) groups is 1. The molecule has 0 aliphatic carbocycles. The van der Waals surface area contributed by atoms with Crippen LogP contribution < -0.4 is 10.5 Å². The molecule has 12 heteroatoms. The topological polar surface area (TPSA) is 145 Å². The Hall–Kier alpha value is -3.77. The third-order valence-corrected chi connectivity index (χ3v) is 7.68. The third kappa shape index (κ3) is 5.20. The largest absolute Gasteiger partial charge is 0.399 e. The maximum absolute atomic E-state index is 13.7. The van der Waals surface area contributed by atoms with Crippen molar-refractivity contribution in [3.05, 3.63) is 66.0 Å². The minimum absolute atomic E-state index is 0.166. The number of benzene rings is 2. The fourth-order valence-electron chi connectivity index (χ4n) is 4.50. The van der Waals surface area contributed by atoms with E-state index in [1.807, 2.05) is 26.0 Å². The molecule has 11 nitrogen and oxygen atoms in total. The van der Waals surface area contributed by atoms with Gasteiger partial charge in [-0.15, -0.1) is 5.10 Å². The summed E-state index contributed by atoms with van der Waals surface area (Å²) < 4.78 is 35.1. The van der Waals surface area contributed by atoms with Crippen molar-refractivity contribution in [1.29, 1.82) is 0 Å². The van der Waals surface area contributed by atoms with Crippen LogP contribution >= 0.6 is 0 Å². The standard InChI is InChI=1S/C25H29N7O4S/c1-16(2)12-20(27-24-19-8-3-4-9-23(19)37(34,35)29-24)25(33)31-10-11-36-22(15-31)21-14-32(30-28-21)18-7-5-6-17(26)13-18/h3-9,13-14,16,20,22H,10-12,15,26H2,1-2H3,(H,27,29). The van der Waals surface area contributed by atoms with Gasteiger partial charge >= 0.3 is 0 Å². The van der Waals surface area contributed by atoms with E-state index in [1.165, 1.54) is 6.07 Å². The quantitative estimate of drug-likeness (QED) is 0.470. The van der Waals surface area contributed by atoms with Gasteiger partial charge in [-0.1, -0.05) is 37.3 Å². The monoisotopic (exact) mass is 523 g/mol. The van der Waals surface area contributed by atoms with Crippen LogP contribution in [0.3, 0.4) is 0 Å². The highest BCUT2D eigenvalue weighted by Gasteiger charge is 2.35. The molecule has 1 saturated heterocycles. The Morgan fingerprint density at radius 1 is 1.24 bits per heavy atom. The molecular weight excluding hydrogens is 494 g/mol. The highest BCUT2D eigenvalue weighted by molar-refractivity contribution is 7.90. The van der Waals surface area contributed by atoms with Crippen molar-refractivity contribution < 1.29 is 17.9 Å². The molecule has 0 spiro atoms. The Morgan fingerprint density at radius 3 is 2.84 bits per heavy atom. The number of anilines is 1. The van der Waals surface area contributed by atoms with E-state index in [4.69, 9.17) is 10.5 Å². The van der Waals surface area contributed by atoms with Crippen LogP contribution in [0.4, 0.5) is 5.69 Å². The maximum Gasteiger partial charge on any atom is 0.263 e. The number of morpholine rings is 1. The van der Waals surface area contributed by atoms with E-state index in [0.717, 1.165) is 5.69 Å². The zero-order chi connectivity index (χ0) is 26.2. The molecule has 1 amide bonds. The van der Waals surface area contributed by atoms with Gasteiger partial charge in [0.25, 0.3) is 10.0 Å². The van der Waals surface area contributed by atoms with Gasteiger partial charge in [-0.05, 0) is 42.7 Å². The number of sulfonamides is 1. The highest BCUT2D eigenvalue weighted by atomic mass is 32.2. The third-order valence-electron chi connectivity index (χ3n) is 6.28. The number of carbonyl (C=O) groups is 1. The number of hydrogen-bond acceptors (Lipinski definition) is 8. The summed E-state index contributed by atoms with van der Waals surface area (Å²) >= 11 is 0. The first-order chi connectivity index (χ1) is 17.7.